The van der Waals surface area contributed by atoms with Gasteiger partial charge in [0.15, 0.2) is 5.01 Å². The third-order valence-corrected chi connectivity index (χ3v) is 1.90. The molecule has 0 aromatic heterocycles. The molecule has 1 N–H and O–H groups in total. The summed E-state index contributed by atoms with van der Waals surface area (Å²) in [6.07, 6.45) is 1.86. The normalized spacial score (nSPS) is 12.6. The highest BCUT2D eigenvalue weighted by Crippen LogP contribution is 2.02. The van der Waals surface area contributed by atoms with Gasteiger partial charge in [0.05, 0.1) is 0 Å². The third-order valence-electron chi connectivity index (χ3n) is 1.22. The maximum Gasteiger partial charge on any atom is 0.260 e. The van der Waals surface area contributed by atoms with Crippen LogP contribution in [0, 0.1) is 0 Å². The van der Waals surface area contributed by atoms with Crippen molar-refractivity contribution in [2.75, 3.05) is 13.2 Å². The van der Waals surface area contributed by atoms with Crippen LogP contribution in [0.15, 0.2) is 0 Å². The zero-order chi connectivity index (χ0) is 9.40. The summed E-state index contributed by atoms with van der Waals surface area (Å²) in [5, 5.41) is 2.23. The highest BCUT2D eigenvalue weighted by atomic mass is 79.9. The van der Waals surface area contributed by atoms with Crippen LogP contribution in [0.3, 0.4) is 0 Å². The molecule has 1 amide bonds. The lowest BCUT2D eigenvalue weighted by molar-refractivity contribution is -0.127. The number of halogens is 1. The zero-order valence-electron chi connectivity index (χ0n) is 7.60. The number of hydrogen-bond donors (Lipinski definition) is 1. The Bertz CT molecular complexity index is 130. The quantitative estimate of drug-likeness (QED) is 0.714. The molecule has 0 aromatic carbocycles. The fraction of sp³-hybridized carbons (Fsp3) is 0.875. The number of alkyl halides is 1. The number of rotatable bonds is 6. The molecule has 0 aliphatic heterocycles. The predicted octanol–water partition coefficient (Wildman–Crippen LogP) is 1.66. The molecule has 0 bridgehead atoms. The van der Waals surface area contributed by atoms with E-state index in [9.17, 15) is 4.79 Å². The molecule has 3 nitrogen and oxygen atoms in total. The number of nitrogens with one attached hydrogen (secondary N) is 1. The lowest BCUT2D eigenvalue weighted by atomic mass is 10.4. The average molecular weight is 238 g/mol. The Morgan fingerprint density at radius 3 is 2.67 bits per heavy atom. The van der Waals surface area contributed by atoms with Crippen LogP contribution in [0.5, 0.6) is 0 Å². The van der Waals surface area contributed by atoms with Gasteiger partial charge in [-0.2, -0.15) is 0 Å². The first-order valence-corrected chi connectivity index (χ1v) is 5.17. The molecule has 0 rings (SSSR count). The van der Waals surface area contributed by atoms with Crippen molar-refractivity contribution >= 4 is 21.8 Å². The number of carbonyl (C=O) groups excluding carboxylic acids is 1. The summed E-state index contributed by atoms with van der Waals surface area (Å²) >= 11 is 3.14. The second-order valence-electron chi connectivity index (χ2n) is 2.48. The molecule has 72 valence electrons. The molecule has 12 heavy (non-hydrogen) atoms. The van der Waals surface area contributed by atoms with Crippen molar-refractivity contribution in [3.63, 3.8) is 0 Å². The van der Waals surface area contributed by atoms with Crippen LogP contribution in [-0.2, 0) is 9.53 Å². The molecule has 0 aliphatic rings. The Labute approximate surface area is 82.0 Å². The largest absolute Gasteiger partial charge is 0.357 e. The van der Waals surface area contributed by atoms with Gasteiger partial charge >= 0.3 is 0 Å². The van der Waals surface area contributed by atoms with E-state index in [1.54, 1.807) is 0 Å². The molecule has 1 unspecified atom stereocenters. The van der Waals surface area contributed by atoms with Crippen molar-refractivity contribution in [3.05, 3.63) is 0 Å². The molecule has 1 atom stereocenters. The van der Waals surface area contributed by atoms with Crippen molar-refractivity contribution in [3.8, 4) is 0 Å². The van der Waals surface area contributed by atoms with E-state index in [1.807, 2.05) is 13.8 Å². The monoisotopic (exact) mass is 237 g/mol. The third kappa shape index (κ3) is 5.55. The van der Waals surface area contributed by atoms with Crippen LogP contribution in [0.2, 0.25) is 0 Å². The van der Waals surface area contributed by atoms with Crippen molar-refractivity contribution in [1.29, 1.82) is 0 Å². The highest BCUT2D eigenvalue weighted by Gasteiger charge is 2.12. The Morgan fingerprint density at radius 1 is 1.50 bits per heavy atom. The number of carbonyl (C=O) groups is 1. The van der Waals surface area contributed by atoms with Crippen molar-refractivity contribution < 1.29 is 9.53 Å². The Hall–Kier alpha value is -0.0900. The van der Waals surface area contributed by atoms with Crippen LogP contribution < -0.4 is 5.32 Å². The highest BCUT2D eigenvalue weighted by molar-refractivity contribution is 9.09. The molecule has 0 radical (unpaired) electrons. The Balaban J connectivity index is 3.47. The molecule has 0 saturated heterocycles. The molecule has 4 heteroatoms. The topological polar surface area (TPSA) is 38.3 Å². The van der Waals surface area contributed by atoms with Gasteiger partial charge in [0.1, 0.15) is 0 Å². The van der Waals surface area contributed by atoms with Gasteiger partial charge in [0.2, 0.25) is 0 Å². The number of amides is 1. The fourth-order valence-corrected chi connectivity index (χ4v) is 0.974. The first kappa shape index (κ1) is 11.9. The summed E-state index contributed by atoms with van der Waals surface area (Å²) in [5.74, 6) is -0.0923. The summed E-state index contributed by atoms with van der Waals surface area (Å²) in [6.45, 7) is 5.33. The van der Waals surface area contributed by atoms with E-state index in [4.69, 9.17) is 4.74 Å². The smallest absolute Gasteiger partial charge is 0.260 e. The van der Waals surface area contributed by atoms with Gasteiger partial charge in [-0.15, -0.1) is 0 Å². The maximum atomic E-state index is 11.1. The van der Waals surface area contributed by atoms with E-state index in [-0.39, 0.29) is 5.91 Å². The van der Waals surface area contributed by atoms with E-state index in [0.29, 0.717) is 13.2 Å². The summed E-state index contributed by atoms with van der Waals surface area (Å²) in [4.78, 5) is 11.1. The Morgan fingerprint density at radius 2 is 2.17 bits per heavy atom. The standard InChI is InChI=1S/C8H16BrNO2/c1-3-5-10-8(11)7(9)12-6-4-2/h7H,3-6H2,1-2H3,(H,10,11). The second kappa shape index (κ2) is 7.55. The number of ether oxygens (including phenoxy) is 1. The first-order valence-electron chi connectivity index (χ1n) is 4.25. The molecule has 0 fully saturated rings. The molecular formula is C8H16BrNO2. The zero-order valence-corrected chi connectivity index (χ0v) is 9.19. The molecular weight excluding hydrogens is 222 g/mol. The van der Waals surface area contributed by atoms with Gasteiger partial charge in [-0.3, -0.25) is 4.79 Å². The first-order chi connectivity index (χ1) is 5.72. The van der Waals surface area contributed by atoms with Gasteiger partial charge in [-0.05, 0) is 28.8 Å². The number of hydrogen-bond acceptors (Lipinski definition) is 2. The van der Waals surface area contributed by atoms with Crippen LogP contribution in [0.25, 0.3) is 0 Å². The van der Waals surface area contributed by atoms with Gasteiger partial charge in [0, 0.05) is 13.2 Å². The van der Waals surface area contributed by atoms with Crippen LogP contribution in [0.1, 0.15) is 26.7 Å². The molecule has 0 aromatic rings. The summed E-state index contributed by atoms with van der Waals surface area (Å²) < 4.78 is 5.15. The summed E-state index contributed by atoms with van der Waals surface area (Å²) in [5.41, 5.74) is 0. The van der Waals surface area contributed by atoms with Crippen molar-refractivity contribution in [2.45, 2.75) is 31.7 Å². The fourth-order valence-electron chi connectivity index (χ4n) is 0.625. The summed E-state index contributed by atoms with van der Waals surface area (Å²) in [6, 6.07) is 0. The summed E-state index contributed by atoms with van der Waals surface area (Å²) in [7, 11) is 0. The minimum absolute atomic E-state index is 0.0923. The predicted molar refractivity (Wildman–Crippen MR) is 52.3 cm³/mol. The molecule has 0 heterocycles. The molecule has 0 saturated carbocycles. The second-order valence-corrected chi connectivity index (χ2v) is 3.31. The maximum absolute atomic E-state index is 11.1. The van der Waals surface area contributed by atoms with Gasteiger partial charge in [-0.25, -0.2) is 0 Å². The average Bonchev–Trinajstić information content (AvgIpc) is 2.10. The minimum Gasteiger partial charge on any atom is -0.357 e. The van der Waals surface area contributed by atoms with Crippen LogP contribution in [-0.4, -0.2) is 24.1 Å². The van der Waals surface area contributed by atoms with Gasteiger partial charge in [0.25, 0.3) is 5.91 Å². The van der Waals surface area contributed by atoms with Crippen LogP contribution >= 0.6 is 15.9 Å². The Kier molecular flexibility index (Phi) is 7.50. The lowest BCUT2D eigenvalue weighted by Gasteiger charge is -2.10. The lowest BCUT2D eigenvalue weighted by Crippen LogP contribution is -2.33. The molecule has 0 spiro atoms. The van der Waals surface area contributed by atoms with Crippen molar-refractivity contribution in [1.82, 2.24) is 5.32 Å². The van der Waals surface area contributed by atoms with Gasteiger partial charge < -0.3 is 10.1 Å². The van der Waals surface area contributed by atoms with E-state index in [1.165, 1.54) is 0 Å². The van der Waals surface area contributed by atoms with Crippen LogP contribution in [0.4, 0.5) is 0 Å². The van der Waals surface area contributed by atoms with E-state index in [0.717, 1.165) is 12.8 Å². The van der Waals surface area contributed by atoms with E-state index < -0.39 is 5.01 Å². The SMILES string of the molecule is CCCNC(=O)C(Br)OCCC. The molecule has 0 aliphatic carbocycles. The van der Waals surface area contributed by atoms with E-state index >= 15 is 0 Å². The minimum atomic E-state index is -0.496. The van der Waals surface area contributed by atoms with E-state index in [2.05, 4.69) is 21.2 Å². The van der Waals surface area contributed by atoms with Crippen molar-refractivity contribution in [2.24, 2.45) is 0 Å². The van der Waals surface area contributed by atoms with Gasteiger partial charge in [-0.1, -0.05) is 13.8 Å².